The van der Waals surface area contributed by atoms with Crippen molar-refractivity contribution < 1.29 is 19.1 Å². The fourth-order valence-electron chi connectivity index (χ4n) is 2.56. The Morgan fingerprint density at radius 3 is 2.54 bits per heavy atom. The van der Waals surface area contributed by atoms with Crippen LogP contribution in [0.2, 0.25) is 0 Å². The van der Waals surface area contributed by atoms with Gasteiger partial charge in [-0.3, -0.25) is 4.79 Å². The quantitative estimate of drug-likeness (QED) is 0.523. The van der Waals surface area contributed by atoms with Gasteiger partial charge >= 0.3 is 5.97 Å². The molecule has 0 aliphatic rings. The zero-order chi connectivity index (χ0) is 20.1. The lowest BCUT2D eigenvalue weighted by Gasteiger charge is -2.08. The first kappa shape index (κ1) is 18.6. The van der Waals surface area contributed by atoms with Gasteiger partial charge in [0, 0.05) is 23.3 Å². The van der Waals surface area contributed by atoms with Crippen molar-refractivity contribution in [3.8, 4) is 11.8 Å². The van der Waals surface area contributed by atoms with E-state index in [0.717, 1.165) is 0 Å². The van der Waals surface area contributed by atoms with Crippen molar-refractivity contribution in [2.75, 3.05) is 5.32 Å². The van der Waals surface area contributed by atoms with Crippen molar-refractivity contribution in [1.82, 2.24) is 4.57 Å². The van der Waals surface area contributed by atoms with Crippen LogP contribution in [0.15, 0.2) is 72.4 Å². The highest BCUT2D eigenvalue weighted by Gasteiger charge is 2.12. The maximum atomic E-state index is 13.0. The van der Waals surface area contributed by atoms with E-state index in [4.69, 9.17) is 5.11 Å². The van der Waals surface area contributed by atoms with Gasteiger partial charge in [-0.05, 0) is 60.7 Å². The van der Waals surface area contributed by atoms with Crippen LogP contribution in [0, 0.1) is 17.1 Å². The van der Waals surface area contributed by atoms with Crippen LogP contribution in [0.4, 0.5) is 10.1 Å². The van der Waals surface area contributed by atoms with E-state index in [1.807, 2.05) is 6.07 Å². The van der Waals surface area contributed by atoms with Gasteiger partial charge in [-0.1, -0.05) is 6.07 Å². The van der Waals surface area contributed by atoms with Crippen LogP contribution in [-0.4, -0.2) is 21.6 Å². The summed E-state index contributed by atoms with van der Waals surface area (Å²) in [6, 6.07) is 16.7. The molecule has 0 saturated heterocycles. The van der Waals surface area contributed by atoms with Gasteiger partial charge in [0.2, 0.25) is 0 Å². The predicted octanol–water partition coefficient (Wildman–Crippen LogP) is 3.86. The Labute approximate surface area is 159 Å². The van der Waals surface area contributed by atoms with Crippen LogP contribution in [0.25, 0.3) is 11.8 Å². The zero-order valence-electron chi connectivity index (χ0n) is 14.5. The molecule has 0 atom stereocenters. The van der Waals surface area contributed by atoms with Crippen molar-refractivity contribution >= 4 is 23.6 Å². The Balaban J connectivity index is 1.90. The second kappa shape index (κ2) is 8.01. The highest BCUT2D eigenvalue weighted by Crippen LogP contribution is 2.18. The highest BCUT2D eigenvalue weighted by molar-refractivity contribution is 6.09. The van der Waals surface area contributed by atoms with E-state index in [9.17, 15) is 19.2 Å². The van der Waals surface area contributed by atoms with Crippen LogP contribution in [0.5, 0.6) is 0 Å². The summed E-state index contributed by atoms with van der Waals surface area (Å²) in [6.45, 7) is 0. The number of carbonyl (C=O) groups is 2. The first-order valence-electron chi connectivity index (χ1n) is 8.18. The monoisotopic (exact) mass is 375 g/mol. The van der Waals surface area contributed by atoms with Crippen molar-refractivity contribution in [3.05, 3.63) is 89.5 Å². The summed E-state index contributed by atoms with van der Waals surface area (Å²) in [5, 5.41) is 21.1. The molecule has 2 aromatic carbocycles. The van der Waals surface area contributed by atoms with Crippen molar-refractivity contribution in [3.63, 3.8) is 0 Å². The van der Waals surface area contributed by atoms with Crippen LogP contribution < -0.4 is 5.32 Å². The minimum Gasteiger partial charge on any atom is -0.478 e. The lowest BCUT2D eigenvalue weighted by molar-refractivity contribution is -0.112. The molecule has 138 valence electrons. The molecule has 28 heavy (non-hydrogen) atoms. The molecule has 1 amide bonds. The van der Waals surface area contributed by atoms with Crippen molar-refractivity contribution in [1.29, 1.82) is 5.26 Å². The normalized spacial score (nSPS) is 10.9. The fourth-order valence-corrected chi connectivity index (χ4v) is 2.56. The second-order valence-corrected chi connectivity index (χ2v) is 5.79. The number of halogens is 1. The minimum atomic E-state index is -1.05. The molecule has 1 aromatic heterocycles. The van der Waals surface area contributed by atoms with E-state index in [1.54, 1.807) is 35.0 Å². The minimum absolute atomic E-state index is 0.121. The molecule has 3 rings (SSSR count). The number of carbonyl (C=O) groups excluding carboxylic acids is 1. The lowest BCUT2D eigenvalue weighted by Crippen LogP contribution is -2.13. The highest BCUT2D eigenvalue weighted by atomic mass is 19.1. The van der Waals surface area contributed by atoms with E-state index in [-0.39, 0.29) is 11.1 Å². The molecule has 7 heteroatoms. The smallest absolute Gasteiger partial charge is 0.335 e. The molecule has 0 bridgehead atoms. The number of nitrogens with zero attached hydrogens (tertiary/aromatic N) is 2. The lowest BCUT2D eigenvalue weighted by atomic mass is 10.2. The number of rotatable bonds is 5. The van der Waals surface area contributed by atoms with Gasteiger partial charge < -0.3 is 15.0 Å². The van der Waals surface area contributed by atoms with Crippen LogP contribution in [0.3, 0.4) is 0 Å². The van der Waals surface area contributed by atoms with E-state index in [1.165, 1.54) is 42.5 Å². The summed E-state index contributed by atoms with van der Waals surface area (Å²) >= 11 is 0. The molecular formula is C21H14FN3O3. The van der Waals surface area contributed by atoms with E-state index in [2.05, 4.69) is 5.32 Å². The number of hydrogen-bond acceptors (Lipinski definition) is 3. The summed E-state index contributed by atoms with van der Waals surface area (Å²) in [5.41, 5.74) is 1.42. The molecule has 0 saturated carbocycles. The Morgan fingerprint density at radius 2 is 1.86 bits per heavy atom. The third-order valence-electron chi connectivity index (χ3n) is 3.91. The number of anilines is 1. The van der Waals surface area contributed by atoms with E-state index >= 15 is 0 Å². The predicted molar refractivity (Wildman–Crippen MR) is 101 cm³/mol. The topological polar surface area (TPSA) is 95.1 Å². The Kier molecular flexibility index (Phi) is 5.33. The molecular weight excluding hydrogens is 361 g/mol. The third-order valence-corrected chi connectivity index (χ3v) is 3.91. The molecule has 1 heterocycles. The van der Waals surface area contributed by atoms with Crippen molar-refractivity contribution in [2.45, 2.75) is 0 Å². The Hall–Kier alpha value is -4.18. The average Bonchev–Trinajstić information content (AvgIpc) is 3.16. The van der Waals surface area contributed by atoms with Gasteiger partial charge in [0.25, 0.3) is 5.91 Å². The number of benzene rings is 2. The maximum absolute atomic E-state index is 13.0. The number of aromatic nitrogens is 1. The SMILES string of the molecule is N#C/C(=C/c1cccn1-c1cccc(C(=O)O)c1)C(=O)Nc1ccc(F)cc1. The number of nitriles is 1. The van der Waals surface area contributed by atoms with Gasteiger partial charge in [-0.25, -0.2) is 9.18 Å². The summed E-state index contributed by atoms with van der Waals surface area (Å²) in [7, 11) is 0. The van der Waals surface area contributed by atoms with E-state index < -0.39 is 17.7 Å². The summed E-state index contributed by atoms with van der Waals surface area (Å²) in [6.07, 6.45) is 3.09. The van der Waals surface area contributed by atoms with E-state index in [0.29, 0.717) is 17.1 Å². The molecule has 0 fully saturated rings. The number of aromatic carboxylic acids is 1. The largest absolute Gasteiger partial charge is 0.478 e. The number of carboxylic acids is 1. The first-order valence-corrected chi connectivity index (χ1v) is 8.18. The number of nitrogens with one attached hydrogen (secondary N) is 1. The molecule has 0 aliphatic heterocycles. The summed E-state index contributed by atoms with van der Waals surface area (Å²) < 4.78 is 14.6. The van der Waals surface area contributed by atoms with Crippen LogP contribution in [0.1, 0.15) is 16.1 Å². The van der Waals surface area contributed by atoms with Crippen molar-refractivity contribution in [2.24, 2.45) is 0 Å². The second-order valence-electron chi connectivity index (χ2n) is 5.79. The Bertz CT molecular complexity index is 1110. The van der Waals surface area contributed by atoms with Gasteiger partial charge in [-0.15, -0.1) is 0 Å². The average molecular weight is 375 g/mol. The van der Waals surface area contributed by atoms with Gasteiger partial charge in [0.15, 0.2) is 0 Å². The molecule has 0 radical (unpaired) electrons. The Morgan fingerprint density at radius 1 is 1.11 bits per heavy atom. The number of hydrogen-bond donors (Lipinski definition) is 2. The number of carboxylic acid groups (broad SMARTS) is 1. The standard InChI is InChI=1S/C21H14FN3O3/c22-16-6-8-17(9-7-16)24-20(26)15(13-23)12-19-5-2-10-25(19)18-4-1-3-14(11-18)21(27)28/h1-12H,(H,24,26)(H,27,28)/b15-12-. The fraction of sp³-hybridized carbons (Fsp3) is 0. The molecule has 3 aromatic rings. The molecule has 2 N–H and O–H groups in total. The van der Waals surface area contributed by atoms with Gasteiger partial charge in [-0.2, -0.15) is 5.26 Å². The van der Waals surface area contributed by atoms with Gasteiger partial charge in [0.1, 0.15) is 17.5 Å². The third kappa shape index (κ3) is 4.14. The summed E-state index contributed by atoms with van der Waals surface area (Å²) in [4.78, 5) is 23.5. The molecule has 0 spiro atoms. The van der Waals surface area contributed by atoms with Crippen LogP contribution >= 0.6 is 0 Å². The molecule has 6 nitrogen and oxygen atoms in total. The first-order chi connectivity index (χ1) is 13.5. The van der Waals surface area contributed by atoms with Gasteiger partial charge in [0.05, 0.1) is 5.56 Å². The molecule has 0 unspecified atom stereocenters. The number of amides is 1. The zero-order valence-corrected chi connectivity index (χ0v) is 14.5. The molecule has 0 aliphatic carbocycles. The summed E-state index contributed by atoms with van der Waals surface area (Å²) in [5.74, 6) is -2.13. The van der Waals surface area contributed by atoms with Crippen LogP contribution in [-0.2, 0) is 4.79 Å². The maximum Gasteiger partial charge on any atom is 0.335 e.